The molecule has 0 aliphatic heterocycles. The summed E-state index contributed by atoms with van der Waals surface area (Å²) in [5, 5.41) is 0.801. The van der Waals surface area contributed by atoms with Crippen molar-refractivity contribution < 1.29 is 14.3 Å². The molecule has 0 bridgehead atoms. The molecule has 122 valence electrons. The van der Waals surface area contributed by atoms with Crippen molar-refractivity contribution in [1.29, 1.82) is 0 Å². The fraction of sp³-hybridized carbons (Fsp3) is 0.312. The molecule has 1 aromatic carbocycles. The van der Waals surface area contributed by atoms with Crippen molar-refractivity contribution in [2.24, 2.45) is 0 Å². The zero-order valence-corrected chi connectivity index (χ0v) is 14.5. The second-order valence-electron chi connectivity index (χ2n) is 5.00. The number of ether oxygens (including phenoxy) is 2. The van der Waals surface area contributed by atoms with Gasteiger partial charge in [-0.1, -0.05) is 37.0 Å². The predicted octanol–water partition coefficient (Wildman–Crippen LogP) is 4.88. The smallest absolute Gasteiger partial charge is 0.345 e. The van der Waals surface area contributed by atoms with Gasteiger partial charge < -0.3 is 9.47 Å². The van der Waals surface area contributed by atoms with Gasteiger partial charge in [-0.05, 0) is 25.1 Å². The van der Waals surface area contributed by atoms with E-state index >= 15 is 0 Å². The Morgan fingerprint density at radius 1 is 1.30 bits per heavy atom. The number of rotatable bonds is 5. The van der Waals surface area contributed by atoms with Crippen molar-refractivity contribution >= 4 is 29.2 Å². The van der Waals surface area contributed by atoms with Gasteiger partial charge in [0.25, 0.3) is 0 Å². The van der Waals surface area contributed by atoms with Crippen LogP contribution in [0.5, 0.6) is 11.6 Å². The lowest BCUT2D eigenvalue weighted by atomic mass is 10.2. The lowest BCUT2D eigenvalue weighted by molar-refractivity contribution is 0.0522. The highest BCUT2D eigenvalue weighted by Crippen LogP contribution is 2.32. The number of halogens is 2. The molecule has 5 nitrogen and oxygen atoms in total. The Morgan fingerprint density at radius 2 is 2.04 bits per heavy atom. The minimum Gasteiger partial charge on any atom is -0.462 e. The summed E-state index contributed by atoms with van der Waals surface area (Å²) in [5.74, 6) is 0.525. The number of hydrogen-bond acceptors (Lipinski definition) is 5. The van der Waals surface area contributed by atoms with Crippen molar-refractivity contribution in [3.8, 4) is 11.6 Å². The molecule has 7 heteroatoms. The summed E-state index contributed by atoms with van der Waals surface area (Å²) in [6, 6.07) is 4.79. The van der Waals surface area contributed by atoms with Gasteiger partial charge in [-0.25, -0.2) is 9.78 Å². The van der Waals surface area contributed by atoms with Gasteiger partial charge in [-0.15, -0.1) is 0 Å². The Bertz CT molecular complexity index is 720. The molecule has 0 amide bonds. The highest BCUT2D eigenvalue weighted by atomic mass is 35.5. The van der Waals surface area contributed by atoms with E-state index in [1.165, 1.54) is 6.20 Å². The minimum absolute atomic E-state index is 0.0780. The SMILES string of the molecule is CCOC(=O)c1cnc(C(C)C)nc1Oc1ccc(Cl)cc1Cl. The normalized spacial score (nSPS) is 10.7. The van der Waals surface area contributed by atoms with E-state index in [1.807, 2.05) is 13.8 Å². The monoisotopic (exact) mass is 354 g/mol. The van der Waals surface area contributed by atoms with Crippen LogP contribution >= 0.6 is 23.2 Å². The molecule has 0 spiro atoms. The first-order valence-electron chi connectivity index (χ1n) is 7.09. The standard InChI is InChI=1S/C16H16Cl2N2O3/c1-4-22-16(21)11-8-19-14(9(2)3)20-15(11)23-13-6-5-10(17)7-12(13)18/h5-9H,4H2,1-3H3. The van der Waals surface area contributed by atoms with E-state index in [1.54, 1.807) is 25.1 Å². The second kappa shape index (κ2) is 7.62. The van der Waals surface area contributed by atoms with Crippen molar-refractivity contribution in [2.45, 2.75) is 26.7 Å². The zero-order valence-electron chi connectivity index (χ0n) is 13.0. The average Bonchev–Trinajstić information content (AvgIpc) is 2.50. The van der Waals surface area contributed by atoms with Gasteiger partial charge >= 0.3 is 5.97 Å². The topological polar surface area (TPSA) is 61.3 Å². The maximum atomic E-state index is 12.0. The third-order valence-electron chi connectivity index (χ3n) is 2.88. The molecule has 23 heavy (non-hydrogen) atoms. The number of esters is 1. The number of nitrogens with zero attached hydrogens (tertiary/aromatic N) is 2. The lowest BCUT2D eigenvalue weighted by Crippen LogP contribution is -2.10. The maximum absolute atomic E-state index is 12.0. The third-order valence-corrected chi connectivity index (χ3v) is 3.42. The summed E-state index contributed by atoms with van der Waals surface area (Å²) in [6.07, 6.45) is 1.40. The van der Waals surface area contributed by atoms with E-state index in [0.717, 1.165) is 0 Å². The Labute approximate surface area is 144 Å². The predicted molar refractivity (Wildman–Crippen MR) is 88.6 cm³/mol. The van der Waals surface area contributed by atoms with Crippen molar-refractivity contribution in [3.63, 3.8) is 0 Å². The highest BCUT2D eigenvalue weighted by molar-refractivity contribution is 6.35. The summed E-state index contributed by atoms with van der Waals surface area (Å²) in [7, 11) is 0. The van der Waals surface area contributed by atoms with E-state index < -0.39 is 5.97 Å². The molecule has 0 aliphatic rings. The zero-order chi connectivity index (χ0) is 17.0. The molecule has 0 unspecified atom stereocenters. The van der Waals surface area contributed by atoms with Gasteiger partial charge in [0.15, 0.2) is 0 Å². The van der Waals surface area contributed by atoms with Gasteiger partial charge in [-0.3, -0.25) is 0 Å². The van der Waals surface area contributed by atoms with Crippen LogP contribution in [0.2, 0.25) is 10.0 Å². The van der Waals surface area contributed by atoms with Gasteiger partial charge in [0.1, 0.15) is 17.1 Å². The van der Waals surface area contributed by atoms with Crippen LogP contribution in [0.25, 0.3) is 0 Å². The fourth-order valence-corrected chi connectivity index (χ4v) is 2.19. The van der Waals surface area contributed by atoms with Gasteiger partial charge in [0.2, 0.25) is 5.88 Å². The molecule has 2 rings (SSSR count). The van der Waals surface area contributed by atoms with Crippen LogP contribution < -0.4 is 4.74 Å². The third kappa shape index (κ3) is 4.33. The van der Waals surface area contributed by atoms with E-state index in [2.05, 4.69) is 9.97 Å². The van der Waals surface area contributed by atoms with E-state index in [4.69, 9.17) is 32.7 Å². The fourth-order valence-electron chi connectivity index (χ4n) is 1.75. The summed E-state index contributed by atoms with van der Waals surface area (Å²) in [5.41, 5.74) is 0.141. The lowest BCUT2D eigenvalue weighted by Gasteiger charge is -2.12. The van der Waals surface area contributed by atoms with E-state index in [9.17, 15) is 4.79 Å². The quantitative estimate of drug-likeness (QED) is 0.716. The summed E-state index contributed by atoms with van der Waals surface area (Å²) < 4.78 is 10.7. The van der Waals surface area contributed by atoms with E-state index in [-0.39, 0.29) is 24.0 Å². The Balaban J connectivity index is 2.44. The maximum Gasteiger partial charge on any atom is 0.345 e. The first kappa shape index (κ1) is 17.5. The molecule has 0 saturated carbocycles. The first-order chi connectivity index (χ1) is 10.9. The number of aromatic nitrogens is 2. The number of carbonyl (C=O) groups is 1. The first-order valence-corrected chi connectivity index (χ1v) is 7.85. The largest absolute Gasteiger partial charge is 0.462 e. The molecule has 2 aromatic rings. The Morgan fingerprint density at radius 3 is 2.65 bits per heavy atom. The summed E-state index contributed by atoms with van der Waals surface area (Å²) in [4.78, 5) is 20.5. The van der Waals surface area contributed by atoms with E-state index in [0.29, 0.717) is 21.6 Å². The van der Waals surface area contributed by atoms with Gasteiger partial charge in [-0.2, -0.15) is 4.98 Å². The van der Waals surface area contributed by atoms with Crippen LogP contribution in [0, 0.1) is 0 Å². The Hall–Kier alpha value is -1.85. The summed E-state index contributed by atoms with van der Waals surface area (Å²) in [6.45, 7) is 5.85. The molecule has 1 aromatic heterocycles. The number of carbonyl (C=O) groups excluding carboxylic acids is 1. The molecule has 1 heterocycles. The van der Waals surface area contributed by atoms with Crippen molar-refractivity contribution in [1.82, 2.24) is 9.97 Å². The molecule has 0 fully saturated rings. The molecular weight excluding hydrogens is 339 g/mol. The van der Waals surface area contributed by atoms with Crippen LogP contribution in [0.1, 0.15) is 42.9 Å². The Kier molecular flexibility index (Phi) is 5.80. The molecule has 0 saturated heterocycles. The van der Waals surface area contributed by atoms with Crippen molar-refractivity contribution in [3.05, 3.63) is 45.8 Å². The van der Waals surface area contributed by atoms with Crippen LogP contribution in [-0.2, 0) is 4.74 Å². The molecule has 0 aliphatic carbocycles. The van der Waals surface area contributed by atoms with Crippen molar-refractivity contribution in [2.75, 3.05) is 6.61 Å². The molecular formula is C16H16Cl2N2O3. The summed E-state index contributed by atoms with van der Waals surface area (Å²) >= 11 is 12.0. The van der Waals surface area contributed by atoms with Gasteiger partial charge in [0.05, 0.1) is 11.6 Å². The second-order valence-corrected chi connectivity index (χ2v) is 5.84. The minimum atomic E-state index is -0.553. The van der Waals surface area contributed by atoms with Crippen LogP contribution in [0.15, 0.2) is 24.4 Å². The number of hydrogen-bond donors (Lipinski definition) is 0. The molecule has 0 radical (unpaired) electrons. The molecule has 0 atom stereocenters. The number of benzene rings is 1. The van der Waals surface area contributed by atoms with Gasteiger partial charge in [0, 0.05) is 17.1 Å². The average molecular weight is 355 g/mol. The van der Waals surface area contributed by atoms with Crippen LogP contribution in [0.4, 0.5) is 0 Å². The van der Waals surface area contributed by atoms with Crippen LogP contribution in [0.3, 0.4) is 0 Å². The van der Waals surface area contributed by atoms with Crippen LogP contribution in [-0.4, -0.2) is 22.5 Å². The highest BCUT2D eigenvalue weighted by Gasteiger charge is 2.19. The molecule has 0 N–H and O–H groups in total.